The second-order valence-corrected chi connectivity index (χ2v) is 5.79. The fraction of sp³-hybridized carbons (Fsp3) is 0.278. The lowest BCUT2D eigenvalue weighted by atomic mass is 10.2. The molecule has 0 spiro atoms. The predicted octanol–water partition coefficient (Wildman–Crippen LogP) is 3.65. The Morgan fingerprint density at radius 2 is 1.80 bits per heavy atom. The second-order valence-electron chi connectivity index (χ2n) is 5.79. The first-order valence-corrected chi connectivity index (χ1v) is 7.84. The average Bonchev–Trinajstić information content (AvgIpc) is 2.59. The molecule has 25 heavy (non-hydrogen) atoms. The zero-order chi connectivity index (χ0) is 18.2. The van der Waals surface area contributed by atoms with Crippen LogP contribution in [-0.4, -0.2) is 24.0 Å². The number of amides is 1. The molecular formula is C18H20N2O5. The molecule has 0 saturated heterocycles. The summed E-state index contributed by atoms with van der Waals surface area (Å²) in [5, 5.41) is 13.6. The number of nitrogens with one attached hydrogen (secondary N) is 1. The van der Waals surface area contributed by atoms with Crippen LogP contribution in [0.15, 0.2) is 48.5 Å². The second kappa shape index (κ2) is 8.68. The van der Waals surface area contributed by atoms with Gasteiger partial charge in [-0.3, -0.25) is 14.9 Å². The first-order valence-electron chi connectivity index (χ1n) is 7.84. The minimum atomic E-state index is -0.552. The molecule has 2 rings (SSSR count). The van der Waals surface area contributed by atoms with Gasteiger partial charge in [-0.1, -0.05) is 26.0 Å². The van der Waals surface area contributed by atoms with E-state index in [1.54, 1.807) is 30.3 Å². The van der Waals surface area contributed by atoms with Crippen molar-refractivity contribution in [2.45, 2.75) is 13.8 Å². The summed E-state index contributed by atoms with van der Waals surface area (Å²) in [5.41, 5.74) is 0.412. The van der Waals surface area contributed by atoms with Gasteiger partial charge < -0.3 is 14.8 Å². The van der Waals surface area contributed by atoms with Crippen LogP contribution >= 0.6 is 0 Å². The zero-order valence-electron chi connectivity index (χ0n) is 14.1. The van der Waals surface area contributed by atoms with Gasteiger partial charge in [-0.15, -0.1) is 0 Å². The summed E-state index contributed by atoms with van der Waals surface area (Å²) in [6.45, 7) is 4.42. The van der Waals surface area contributed by atoms with Gasteiger partial charge in [-0.2, -0.15) is 0 Å². The molecule has 2 aromatic carbocycles. The molecule has 0 bridgehead atoms. The molecule has 7 nitrogen and oxygen atoms in total. The van der Waals surface area contributed by atoms with Crippen molar-refractivity contribution in [3.05, 3.63) is 58.6 Å². The van der Waals surface area contributed by atoms with E-state index >= 15 is 0 Å². The predicted molar refractivity (Wildman–Crippen MR) is 94.0 cm³/mol. The standard InChI is InChI=1S/C18H20N2O5/c1-13(2)11-24-15-9-7-14(8-10-15)19-18(21)12-25-17-6-4-3-5-16(17)20(22)23/h3-10,13H,11-12H2,1-2H3,(H,19,21). The van der Waals surface area contributed by atoms with Crippen molar-refractivity contribution in [2.75, 3.05) is 18.5 Å². The quantitative estimate of drug-likeness (QED) is 0.583. The van der Waals surface area contributed by atoms with E-state index < -0.39 is 10.8 Å². The van der Waals surface area contributed by atoms with Crippen molar-refractivity contribution in [3.63, 3.8) is 0 Å². The minimum absolute atomic E-state index is 0.0556. The summed E-state index contributed by atoms with van der Waals surface area (Å²) in [7, 11) is 0. The van der Waals surface area contributed by atoms with Gasteiger partial charge in [0, 0.05) is 11.8 Å². The number of carbonyl (C=O) groups is 1. The highest BCUT2D eigenvalue weighted by molar-refractivity contribution is 5.91. The minimum Gasteiger partial charge on any atom is -0.493 e. The highest BCUT2D eigenvalue weighted by Gasteiger charge is 2.14. The van der Waals surface area contributed by atoms with Gasteiger partial charge >= 0.3 is 5.69 Å². The van der Waals surface area contributed by atoms with Crippen molar-refractivity contribution in [3.8, 4) is 11.5 Å². The Hall–Kier alpha value is -3.09. The molecule has 1 amide bonds. The molecule has 0 aliphatic rings. The van der Waals surface area contributed by atoms with E-state index in [2.05, 4.69) is 19.2 Å². The van der Waals surface area contributed by atoms with Gasteiger partial charge in [-0.25, -0.2) is 0 Å². The molecule has 0 aromatic heterocycles. The summed E-state index contributed by atoms with van der Waals surface area (Å²) >= 11 is 0. The zero-order valence-corrected chi connectivity index (χ0v) is 14.1. The molecule has 0 radical (unpaired) electrons. The number of para-hydroxylation sites is 2. The summed E-state index contributed by atoms with van der Waals surface area (Å²) in [6, 6.07) is 12.9. The van der Waals surface area contributed by atoms with Gasteiger partial charge in [0.25, 0.3) is 5.91 Å². The normalized spacial score (nSPS) is 10.4. The molecule has 0 unspecified atom stereocenters. The Morgan fingerprint density at radius 3 is 2.44 bits per heavy atom. The smallest absolute Gasteiger partial charge is 0.310 e. The van der Waals surface area contributed by atoms with Crippen molar-refractivity contribution < 1.29 is 19.2 Å². The van der Waals surface area contributed by atoms with Crippen molar-refractivity contribution in [1.29, 1.82) is 0 Å². The molecule has 7 heteroatoms. The van der Waals surface area contributed by atoms with Crippen LogP contribution in [-0.2, 0) is 4.79 Å². The molecule has 0 saturated carbocycles. The highest BCUT2D eigenvalue weighted by atomic mass is 16.6. The fourth-order valence-electron chi connectivity index (χ4n) is 1.97. The fourth-order valence-corrected chi connectivity index (χ4v) is 1.97. The molecule has 0 aliphatic heterocycles. The Balaban J connectivity index is 1.87. The van der Waals surface area contributed by atoms with E-state index in [-0.39, 0.29) is 18.0 Å². The maximum absolute atomic E-state index is 11.9. The SMILES string of the molecule is CC(C)COc1ccc(NC(=O)COc2ccccc2[N+](=O)[O-])cc1. The van der Waals surface area contributed by atoms with Gasteiger partial charge in [0.05, 0.1) is 11.5 Å². The molecule has 0 heterocycles. The van der Waals surface area contributed by atoms with Crippen LogP contribution in [0, 0.1) is 16.0 Å². The number of carbonyl (C=O) groups excluding carboxylic acids is 1. The number of benzene rings is 2. The van der Waals surface area contributed by atoms with E-state index in [9.17, 15) is 14.9 Å². The Morgan fingerprint density at radius 1 is 1.12 bits per heavy atom. The lowest BCUT2D eigenvalue weighted by Gasteiger charge is -2.10. The van der Waals surface area contributed by atoms with Gasteiger partial charge in [-0.05, 0) is 36.2 Å². The van der Waals surface area contributed by atoms with Crippen molar-refractivity contribution >= 4 is 17.3 Å². The summed E-state index contributed by atoms with van der Waals surface area (Å²) in [6.07, 6.45) is 0. The largest absolute Gasteiger partial charge is 0.493 e. The van der Waals surface area contributed by atoms with E-state index in [4.69, 9.17) is 9.47 Å². The number of nitro benzene ring substituents is 1. The topological polar surface area (TPSA) is 90.7 Å². The van der Waals surface area contributed by atoms with Crippen LogP contribution in [0.3, 0.4) is 0 Å². The van der Waals surface area contributed by atoms with Crippen LogP contribution in [0.4, 0.5) is 11.4 Å². The third-order valence-electron chi connectivity index (χ3n) is 3.14. The van der Waals surface area contributed by atoms with E-state index in [1.165, 1.54) is 18.2 Å². The molecule has 132 valence electrons. The Bertz CT molecular complexity index is 729. The molecule has 2 aromatic rings. The Kier molecular flexibility index (Phi) is 6.33. The van der Waals surface area contributed by atoms with Gasteiger partial charge in [0.2, 0.25) is 0 Å². The number of ether oxygens (including phenoxy) is 2. The molecule has 0 atom stereocenters. The number of nitro groups is 1. The van der Waals surface area contributed by atoms with Crippen molar-refractivity contribution in [2.24, 2.45) is 5.92 Å². The molecule has 0 aliphatic carbocycles. The number of anilines is 1. The summed E-state index contributed by atoms with van der Waals surface area (Å²) in [5.74, 6) is 0.801. The number of hydrogen-bond donors (Lipinski definition) is 1. The summed E-state index contributed by atoms with van der Waals surface area (Å²) in [4.78, 5) is 22.3. The van der Waals surface area contributed by atoms with E-state index in [0.29, 0.717) is 18.2 Å². The van der Waals surface area contributed by atoms with E-state index in [0.717, 1.165) is 5.75 Å². The van der Waals surface area contributed by atoms with Gasteiger partial charge in [0.1, 0.15) is 5.75 Å². The van der Waals surface area contributed by atoms with Crippen LogP contribution in [0.2, 0.25) is 0 Å². The Labute approximate surface area is 145 Å². The first kappa shape index (κ1) is 18.3. The highest BCUT2D eigenvalue weighted by Crippen LogP contribution is 2.25. The third kappa shape index (κ3) is 5.80. The van der Waals surface area contributed by atoms with Crippen LogP contribution in [0.1, 0.15) is 13.8 Å². The lowest BCUT2D eigenvalue weighted by Crippen LogP contribution is -2.20. The lowest BCUT2D eigenvalue weighted by molar-refractivity contribution is -0.385. The van der Waals surface area contributed by atoms with Crippen LogP contribution < -0.4 is 14.8 Å². The first-order chi connectivity index (χ1) is 12.0. The maximum atomic E-state index is 11.9. The number of hydrogen-bond acceptors (Lipinski definition) is 5. The molecular weight excluding hydrogens is 324 g/mol. The average molecular weight is 344 g/mol. The maximum Gasteiger partial charge on any atom is 0.310 e. The molecule has 0 fully saturated rings. The van der Waals surface area contributed by atoms with E-state index in [1.807, 2.05) is 0 Å². The summed E-state index contributed by atoms with van der Waals surface area (Å²) < 4.78 is 10.8. The van der Waals surface area contributed by atoms with Crippen LogP contribution in [0.5, 0.6) is 11.5 Å². The monoisotopic (exact) mass is 344 g/mol. The number of rotatable bonds is 8. The number of nitrogens with zero attached hydrogens (tertiary/aromatic N) is 1. The van der Waals surface area contributed by atoms with Crippen molar-refractivity contribution in [1.82, 2.24) is 0 Å². The van der Waals surface area contributed by atoms with Crippen LogP contribution in [0.25, 0.3) is 0 Å². The third-order valence-corrected chi connectivity index (χ3v) is 3.14. The van der Waals surface area contributed by atoms with Gasteiger partial charge in [0.15, 0.2) is 12.4 Å². The molecule has 1 N–H and O–H groups in total.